The van der Waals surface area contributed by atoms with Gasteiger partial charge < -0.3 is 20.5 Å². The maximum Gasteiger partial charge on any atom is 0.261 e. The van der Waals surface area contributed by atoms with Crippen molar-refractivity contribution in [1.82, 2.24) is 14.9 Å². The molecule has 3 heterocycles. The van der Waals surface area contributed by atoms with E-state index in [2.05, 4.69) is 15.5 Å². The second kappa shape index (κ2) is 5.47. The Kier molecular flexibility index (Phi) is 3.50. The summed E-state index contributed by atoms with van der Waals surface area (Å²) in [6.45, 7) is 0.208. The molecule has 1 aliphatic heterocycles. The van der Waals surface area contributed by atoms with Gasteiger partial charge in [-0.1, -0.05) is 5.16 Å². The van der Waals surface area contributed by atoms with Crippen molar-refractivity contribution < 1.29 is 14.4 Å². The highest BCUT2D eigenvalue weighted by atomic mass is 16.6. The molecule has 0 aromatic carbocycles. The van der Waals surface area contributed by atoms with Gasteiger partial charge in [0.15, 0.2) is 0 Å². The average Bonchev–Trinajstić information content (AvgIpc) is 3.12. The van der Waals surface area contributed by atoms with Crippen molar-refractivity contribution in [2.45, 2.75) is 12.5 Å². The molecule has 3 rings (SSSR count). The van der Waals surface area contributed by atoms with Gasteiger partial charge in [-0.15, -0.1) is 0 Å². The topological polar surface area (TPSA) is 112 Å². The summed E-state index contributed by atoms with van der Waals surface area (Å²) in [4.78, 5) is 32.4. The summed E-state index contributed by atoms with van der Waals surface area (Å²) in [6.07, 6.45) is 3.00. The van der Waals surface area contributed by atoms with Crippen molar-refractivity contribution in [3.05, 3.63) is 30.1 Å². The van der Waals surface area contributed by atoms with Crippen molar-refractivity contribution in [2.24, 2.45) is 17.9 Å². The fraction of sp³-hybridized carbons (Fsp3) is 0.286. The molecule has 8 nitrogen and oxygen atoms in total. The Morgan fingerprint density at radius 2 is 2.32 bits per heavy atom. The fourth-order valence-electron chi connectivity index (χ4n) is 2.32. The van der Waals surface area contributed by atoms with Gasteiger partial charge >= 0.3 is 0 Å². The van der Waals surface area contributed by atoms with Crippen LogP contribution in [0.2, 0.25) is 0 Å². The average molecular weight is 301 g/mol. The summed E-state index contributed by atoms with van der Waals surface area (Å²) in [7, 11) is 1.87. The van der Waals surface area contributed by atoms with Crippen LogP contribution in [-0.2, 0) is 16.7 Å². The molecule has 0 fully saturated rings. The second-order valence-electron chi connectivity index (χ2n) is 5.06. The van der Waals surface area contributed by atoms with Crippen molar-refractivity contribution in [2.75, 3.05) is 6.54 Å². The molecule has 1 atom stereocenters. The van der Waals surface area contributed by atoms with Crippen LogP contribution in [0.1, 0.15) is 16.8 Å². The number of rotatable bonds is 4. The molecular weight excluding hydrogens is 286 g/mol. The van der Waals surface area contributed by atoms with E-state index in [0.29, 0.717) is 17.7 Å². The lowest BCUT2D eigenvalue weighted by Gasteiger charge is -2.06. The Morgan fingerprint density at radius 1 is 1.50 bits per heavy atom. The van der Waals surface area contributed by atoms with Gasteiger partial charge in [0, 0.05) is 31.2 Å². The first-order valence-electron chi connectivity index (χ1n) is 6.75. The first-order valence-corrected chi connectivity index (χ1v) is 6.75. The van der Waals surface area contributed by atoms with E-state index in [1.807, 2.05) is 23.9 Å². The summed E-state index contributed by atoms with van der Waals surface area (Å²) >= 11 is 0. The van der Waals surface area contributed by atoms with Gasteiger partial charge in [0.25, 0.3) is 11.8 Å². The van der Waals surface area contributed by atoms with Crippen molar-refractivity contribution in [1.29, 1.82) is 0 Å². The van der Waals surface area contributed by atoms with Crippen LogP contribution in [0.15, 0.2) is 29.7 Å². The van der Waals surface area contributed by atoms with Crippen LogP contribution in [0, 0.1) is 0 Å². The minimum absolute atomic E-state index is 0.208. The SMILES string of the molecule is Cn1ccc2c(C(=O)NCC3=NOC(C(N)=O)C3)ccnc21. The van der Waals surface area contributed by atoms with Crippen LogP contribution in [-0.4, -0.2) is 39.7 Å². The van der Waals surface area contributed by atoms with Gasteiger partial charge in [-0.2, -0.15) is 0 Å². The third-order valence-corrected chi connectivity index (χ3v) is 3.51. The predicted molar refractivity (Wildman–Crippen MR) is 79.2 cm³/mol. The number of nitrogens with two attached hydrogens (primary N) is 1. The highest BCUT2D eigenvalue weighted by Crippen LogP contribution is 2.17. The molecule has 0 saturated heterocycles. The minimum atomic E-state index is -0.742. The van der Waals surface area contributed by atoms with E-state index in [0.717, 1.165) is 11.0 Å². The van der Waals surface area contributed by atoms with Gasteiger partial charge in [-0.3, -0.25) is 9.59 Å². The zero-order valence-corrected chi connectivity index (χ0v) is 11.9. The van der Waals surface area contributed by atoms with Crippen LogP contribution in [0.25, 0.3) is 11.0 Å². The molecule has 0 saturated carbocycles. The Balaban J connectivity index is 1.69. The van der Waals surface area contributed by atoms with Crippen LogP contribution in [0.4, 0.5) is 0 Å². The molecule has 2 amide bonds. The van der Waals surface area contributed by atoms with Gasteiger partial charge in [-0.25, -0.2) is 4.98 Å². The molecule has 2 aromatic heterocycles. The highest BCUT2D eigenvalue weighted by Gasteiger charge is 2.26. The number of carbonyl (C=O) groups excluding carboxylic acids is 2. The summed E-state index contributed by atoms with van der Waals surface area (Å²) in [5.41, 5.74) is 6.99. The monoisotopic (exact) mass is 301 g/mol. The number of amides is 2. The Bertz CT molecular complexity index is 780. The number of primary amides is 1. The van der Waals surface area contributed by atoms with Crippen LogP contribution < -0.4 is 11.1 Å². The normalized spacial score (nSPS) is 17.1. The quantitative estimate of drug-likeness (QED) is 0.823. The molecule has 3 N–H and O–H groups in total. The minimum Gasteiger partial charge on any atom is -0.382 e. The van der Waals surface area contributed by atoms with Crippen LogP contribution in [0.5, 0.6) is 0 Å². The molecule has 1 aliphatic rings. The number of nitrogens with zero attached hydrogens (tertiary/aromatic N) is 3. The zero-order chi connectivity index (χ0) is 15.7. The van der Waals surface area contributed by atoms with E-state index < -0.39 is 12.0 Å². The maximum absolute atomic E-state index is 12.3. The molecule has 8 heteroatoms. The lowest BCUT2D eigenvalue weighted by atomic mass is 10.1. The predicted octanol–water partition coefficient (Wildman–Crippen LogP) is -0.0667. The summed E-state index contributed by atoms with van der Waals surface area (Å²) in [5, 5.41) is 7.30. The van der Waals surface area contributed by atoms with Crippen molar-refractivity contribution in [3.63, 3.8) is 0 Å². The third-order valence-electron chi connectivity index (χ3n) is 3.51. The molecule has 2 aromatic rings. The van der Waals surface area contributed by atoms with Gasteiger partial charge in [-0.05, 0) is 12.1 Å². The number of pyridine rings is 1. The number of hydrogen-bond donors (Lipinski definition) is 2. The van der Waals surface area contributed by atoms with E-state index in [9.17, 15) is 9.59 Å². The first kappa shape index (κ1) is 14.1. The second-order valence-corrected chi connectivity index (χ2v) is 5.06. The van der Waals surface area contributed by atoms with Gasteiger partial charge in [0.05, 0.1) is 17.8 Å². The third kappa shape index (κ3) is 2.50. The maximum atomic E-state index is 12.3. The molecule has 22 heavy (non-hydrogen) atoms. The van der Waals surface area contributed by atoms with E-state index in [4.69, 9.17) is 10.6 Å². The summed E-state index contributed by atoms with van der Waals surface area (Å²) < 4.78 is 1.85. The molecule has 0 bridgehead atoms. The van der Waals surface area contributed by atoms with E-state index in [1.54, 1.807) is 12.3 Å². The van der Waals surface area contributed by atoms with Gasteiger partial charge in [0.2, 0.25) is 6.10 Å². The van der Waals surface area contributed by atoms with E-state index in [-0.39, 0.29) is 12.5 Å². The number of hydrogen-bond acceptors (Lipinski definition) is 5. The number of aromatic nitrogens is 2. The van der Waals surface area contributed by atoms with Gasteiger partial charge in [0.1, 0.15) is 5.65 Å². The molecular formula is C14H15N5O3. The zero-order valence-electron chi connectivity index (χ0n) is 11.9. The van der Waals surface area contributed by atoms with Crippen LogP contribution >= 0.6 is 0 Å². The molecule has 1 unspecified atom stereocenters. The molecule has 0 radical (unpaired) electrons. The molecule has 114 valence electrons. The summed E-state index contributed by atoms with van der Waals surface area (Å²) in [6, 6.07) is 3.51. The Hall–Kier alpha value is -2.90. The largest absolute Gasteiger partial charge is 0.382 e. The number of nitrogens with one attached hydrogen (secondary N) is 1. The molecule has 0 aliphatic carbocycles. The van der Waals surface area contributed by atoms with E-state index in [1.165, 1.54) is 0 Å². The standard InChI is InChI=1S/C14H15N5O3/c1-19-5-3-9-10(2-4-16-13(9)19)14(21)17-7-8-6-11(12(15)20)22-18-8/h2-5,11H,6-7H2,1H3,(H2,15,20)(H,17,21). The van der Waals surface area contributed by atoms with Crippen LogP contribution in [0.3, 0.4) is 0 Å². The number of carbonyl (C=O) groups is 2. The van der Waals surface area contributed by atoms with Crippen molar-refractivity contribution >= 4 is 28.6 Å². The number of oxime groups is 1. The smallest absolute Gasteiger partial charge is 0.261 e. The number of aryl methyl sites for hydroxylation is 1. The summed E-state index contributed by atoms with van der Waals surface area (Å²) in [5.74, 6) is -0.797. The van der Waals surface area contributed by atoms with E-state index >= 15 is 0 Å². The Labute approximate surface area is 125 Å². The number of fused-ring (bicyclic) bond motifs is 1. The lowest BCUT2D eigenvalue weighted by Crippen LogP contribution is -2.32. The molecule has 0 spiro atoms. The highest BCUT2D eigenvalue weighted by molar-refractivity contribution is 6.07. The fourth-order valence-corrected chi connectivity index (χ4v) is 2.32. The van der Waals surface area contributed by atoms with Crippen molar-refractivity contribution in [3.8, 4) is 0 Å². The lowest BCUT2D eigenvalue weighted by molar-refractivity contribution is -0.127. The first-order chi connectivity index (χ1) is 10.6. The Morgan fingerprint density at radius 3 is 3.05 bits per heavy atom.